The van der Waals surface area contributed by atoms with Crippen molar-refractivity contribution in [1.82, 2.24) is 29.7 Å². The number of aromatic nitrogens is 4. The van der Waals surface area contributed by atoms with Crippen LogP contribution in [0.5, 0.6) is 0 Å². The van der Waals surface area contributed by atoms with Crippen LogP contribution in [0.4, 0.5) is 5.82 Å². The number of likely N-dealkylation sites (N-methyl/N-ethyl adjacent to an activating group) is 1. The van der Waals surface area contributed by atoms with Crippen molar-refractivity contribution in [1.29, 1.82) is 0 Å². The quantitative estimate of drug-likeness (QED) is 0.494. The Hall–Kier alpha value is -3.62. The van der Waals surface area contributed by atoms with E-state index in [9.17, 15) is 4.79 Å². The largest absolute Gasteiger partial charge is 0.353 e. The van der Waals surface area contributed by atoms with Gasteiger partial charge in [0.05, 0.1) is 23.3 Å². The van der Waals surface area contributed by atoms with E-state index >= 15 is 0 Å². The molecule has 4 aromatic rings. The molecule has 2 N–H and O–H groups in total. The van der Waals surface area contributed by atoms with Crippen LogP contribution >= 0.6 is 0 Å². The number of aromatic amines is 1. The number of nitrogens with zero attached hydrogens (tertiary/aromatic N) is 5. The lowest BCUT2D eigenvalue weighted by Gasteiger charge is -2.31. The van der Waals surface area contributed by atoms with Crippen LogP contribution in [-0.4, -0.2) is 75.4 Å². The molecule has 0 aliphatic carbocycles. The molecule has 1 aliphatic heterocycles. The maximum Gasteiger partial charge on any atom is 0.239 e. The second-order valence-corrected chi connectivity index (χ2v) is 8.52. The molecule has 1 saturated heterocycles. The summed E-state index contributed by atoms with van der Waals surface area (Å²) >= 11 is 0. The first-order chi connectivity index (χ1) is 16.1. The van der Waals surface area contributed by atoms with E-state index in [1.54, 1.807) is 12.4 Å². The number of piperazine rings is 1. The van der Waals surface area contributed by atoms with E-state index in [4.69, 9.17) is 0 Å². The predicted molar refractivity (Wildman–Crippen MR) is 130 cm³/mol. The summed E-state index contributed by atoms with van der Waals surface area (Å²) in [5, 5.41) is 2.96. The molecule has 5 heterocycles. The summed E-state index contributed by atoms with van der Waals surface area (Å²) in [5.74, 6) is 0.483. The van der Waals surface area contributed by atoms with Crippen LogP contribution in [0.2, 0.25) is 0 Å². The molecule has 1 amide bonds. The van der Waals surface area contributed by atoms with Gasteiger partial charge in [-0.15, -0.1) is 0 Å². The van der Waals surface area contributed by atoms with Gasteiger partial charge in [0.25, 0.3) is 0 Å². The van der Waals surface area contributed by atoms with E-state index in [1.807, 2.05) is 43.5 Å². The van der Waals surface area contributed by atoms with Crippen molar-refractivity contribution < 1.29 is 4.79 Å². The van der Waals surface area contributed by atoms with Gasteiger partial charge < -0.3 is 15.2 Å². The summed E-state index contributed by atoms with van der Waals surface area (Å²) in [6.07, 6.45) is 5.38. The van der Waals surface area contributed by atoms with E-state index in [1.165, 1.54) is 0 Å². The number of aryl methyl sites for hydroxylation is 1. The fourth-order valence-electron chi connectivity index (χ4n) is 4.18. The molecule has 5 rings (SSSR count). The van der Waals surface area contributed by atoms with Gasteiger partial charge in [-0.25, -0.2) is 4.98 Å². The number of carbonyl (C=O) groups is 1. The number of anilines is 1. The molecule has 8 nitrogen and oxygen atoms in total. The average molecular weight is 442 g/mol. The fraction of sp³-hybridized carbons (Fsp3) is 0.280. The van der Waals surface area contributed by atoms with Gasteiger partial charge in [-0.1, -0.05) is 6.07 Å². The Morgan fingerprint density at radius 1 is 1.03 bits per heavy atom. The highest BCUT2D eigenvalue weighted by Crippen LogP contribution is 2.37. The Kier molecular flexibility index (Phi) is 5.85. The summed E-state index contributed by atoms with van der Waals surface area (Å²) < 4.78 is 0. The van der Waals surface area contributed by atoms with E-state index in [0.29, 0.717) is 12.4 Å². The summed E-state index contributed by atoms with van der Waals surface area (Å²) in [6.45, 7) is 6.09. The first-order valence-corrected chi connectivity index (χ1v) is 11.1. The van der Waals surface area contributed by atoms with Gasteiger partial charge in [0.15, 0.2) is 0 Å². The third kappa shape index (κ3) is 4.62. The van der Waals surface area contributed by atoms with Crippen molar-refractivity contribution in [2.24, 2.45) is 0 Å². The Morgan fingerprint density at radius 2 is 1.88 bits per heavy atom. The zero-order chi connectivity index (χ0) is 22.8. The monoisotopic (exact) mass is 441 g/mol. The third-order valence-electron chi connectivity index (χ3n) is 6.03. The van der Waals surface area contributed by atoms with E-state index in [-0.39, 0.29) is 5.91 Å². The van der Waals surface area contributed by atoms with Crippen LogP contribution in [0, 0.1) is 6.92 Å². The summed E-state index contributed by atoms with van der Waals surface area (Å²) in [6, 6.07) is 11.8. The van der Waals surface area contributed by atoms with Crippen molar-refractivity contribution in [3.05, 3.63) is 60.7 Å². The van der Waals surface area contributed by atoms with Crippen molar-refractivity contribution in [3.8, 4) is 22.4 Å². The van der Waals surface area contributed by atoms with Gasteiger partial charge in [-0.2, -0.15) is 0 Å². The fourth-order valence-corrected chi connectivity index (χ4v) is 4.18. The van der Waals surface area contributed by atoms with Crippen LogP contribution in [0.1, 0.15) is 5.69 Å². The second-order valence-electron chi connectivity index (χ2n) is 8.52. The third-order valence-corrected chi connectivity index (χ3v) is 6.03. The number of rotatable bonds is 5. The number of carbonyl (C=O) groups excluding carboxylic acids is 1. The first kappa shape index (κ1) is 21.2. The minimum absolute atomic E-state index is 0.0505. The number of fused-ring (bicyclic) bond motifs is 1. The molecule has 0 aromatic carbocycles. The highest BCUT2D eigenvalue weighted by atomic mass is 16.2. The van der Waals surface area contributed by atoms with E-state index in [0.717, 1.165) is 65.3 Å². The van der Waals surface area contributed by atoms with Crippen LogP contribution in [0.15, 0.2) is 55.0 Å². The lowest BCUT2D eigenvalue weighted by molar-refractivity contribution is -0.117. The molecule has 0 spiro atoms. The highest BCUT2D eigenvalue weighted by Gasteiger charge is 2.19. The SMILES string of the molecule is Cc1ccc(-c2c(-c3ccnc(NC(=O)CN4CCN(C)CC4)c3)[nH]c3cccnc23)cn1. The maximum atomic E-state index is 12.6. The van der Waals surface area contributed by atoms with Gasteiger partial charge in [0.2, 0.25) is 5.91 Å². The Morgan fingerprint density at radius 3 is 2.67 bits per heavy atom. The van der Waals surface area contributed by atoms with Crippen molar-refractivity contribution in [2.45, 2.75) is 6.92 Å². The molecule has 8 heteroatoms. The molecule has 4 aromatic heterocycles. The molecule has 1 fully saturated rings. The van der Waals surface area contributed by atoms with Gasteiger partial charge in [-0.3, -0.25) is 19.7 Å². The molecular weight excluding hydrogens is 414 g/mol. The number of hydrogen-bond acceptors (Lipinski definition) is 6. The first-order valence-electron chi connectivity index (χ1n) is 11.1. The number of nitrogens with one attached hydrogen (secondary N) is 2. The molecule has 0 bridgehead atoms. The summed E-state index contributed by atoms with van der Waals surface area (Å²) in [4.78, 5) is 34.1. The zero-order valence-electron chi connectivity index (χ0n) is 18.9. The predicted octanol–water partition coefficient (Wildman–Crippen LogP) is 3.18. The van der Waals surface area contributed by atoms with Crippen LogP contribution < -0.4 is 5.32 Å². The standard InChI is InChI=1S/C25H27N7O/c1-17-5-6-19(15-28-17)23-24(29-20-4-3-8-27-25(20)23)18-7-9-26-21(14-18)30-22(33)16-32-12-10-31(2)11-13-32/h3-9,14-15,29H,10-13,16H2,1-2H3,(H,26,30,33). The molecule has 1 aliphatic rings. The van der Waals surface area contributed by atoms with Crippen molar-refractivity contribution in [2.75, 3.05) is 45.1 Å². The second kappa shape index (κ2) is 9.09. The Labute approximate surface area is 192 Å². The molecule has 168 valence electrons. The minimum Gasteiger partial charge on any atom is -0.353 e. The molecular formula is C25H27N7O. The van der Waals surface area contributed by atoms with Gasteiger partial charge >= 0.3 is 0 Å². The Bertz CT molecular complexity index is 1270. The molecule has 0 radical (unpaired) electrons. The molecule has 0 unspecified atom stereocenters. The van der Waals surface area contributed by atoms with Crippen molar-refractivity contribution >= 4 is 22.8 Å². The number of pyridine rings is 3. The van der Waals surface area contributed by atoms with E-state index < -0.39 is 0 Å². The number of H-pyrrole nitrogens is 1. The number of amides is 1. The molecule has 0 saturated carbocycles. The van der Waals surface area contributed by atoms with Gasteiger partial charge in [-0.05, 0) is 44.3 Å². The smallest absolute Gasteiger partial charge is 0.239 e. The van der Waals surface area contributed by atoms with E-state index in [2.05, 4.69) is 48.2 Å². The highest BCUT2D eigenvalue weighted by molar-refractivity contribution is 6.01. The molecule has 0 atom stereocenters. The summed E-state index contributed by atoms with van der Waals surface area (Å²) in [5.41, 5.74) is 6.61. The number of hydrogen-bond donors (Lipinski definition) is 2. The minimum atomic E-state index is -0.0505. The lowest BCUT2D eigenvalue weighted by atomic mass is 10.0. The average Bonchev–Trinajstić information content (AvgIpc) is 3.21. The van der Waals surface area contributed by atoms with Crippen LogP contribution in [-0.2, 0) is 4.79 Å². The maximum absolute atomic E-state index is 12.6. The Balaban J connectivity index is 1.44. The van der Waals surface area contributed by atoms with Crippen LogP contribution in [0.3, 0.4) is 0 Å². The summed E-state index contributed by atoms with van der Waals surface area (Å²) in [7, 11) is 2.10. The topological polar surface area (TPSA) is 90.0 Å². The van der Waals surface area contributed by atoms with Gasteiger partial charge in [0, 0.05) is 67.2 Å². The lowest BCUT2D eigenvalue weighted by Crippen LogP contribution is -2.47. The van der Waals surface area contributed by atoms with Crippen molar-refractivity contribution in [3.63, 3.8) is 0 Å². The molecule has 33 heavy (non-hydrogen) atoms. The van der Waals surface area contributed by atoms with Crippen LogP contribution in [0.25, 0.3) is 33.4 Å². The van der Waals surface area contributed by atoms with Gasteiger partial charge in [0.1, 0.15) is 5.82 Å². The zero-order valence-corrected chi connectivity index (χ0v) is 18.9. The normalized spacial score (nSPS) is 15.1.